The van der Waals surface area contributed by atoms with Gasteiger partial charge in [0.05, 0.1) is 17.1 Å². The van der Waals surface area contributed by atoms with Crippen LogP contribution >= 0.6 is 0 Å². The van der Waals surface area contributed by atoms with Crippen LogP contribution in [0.15, 0.2) is 6.07 Å². The predicted molar refractivity (Wildman–Crippen MR) is 86.6 cm³/mol. The van der Waals surface area contributed by atoms with Crippen molar-refractivity contribution in [3.05, 3.63) is 28.6 Å². The summed E-state index contributed by atoms with van der Waals surface area (Å²) in [6, 6.07) is 2.27. The zero-order valence-corrected chi connectivity index (χ0v) is 14.2. The fourth-order valence-electron chi connectivity index (χ4n) is 3.53. The first-order valence-corrected chi connectivity index (χ1v) is 7.93. The molecule has 1 aliphatic heterocycles. The normalized spacial score (nSPS) is 29.5. The number of hydrogen-bond acceptors (Lipinski definition) is 2. The standard InChI is InChI=1S/C18H26N2O/c1-9-8-16-17(12(4)10(9)2)19-15(7)20(16)18-13(5)11(3)14(6)21-18/h8,11,13-14,18H,1-7H3/t11?,13-,14-,18?/m0/s1. The van der Waals surface area contributed by atoms with E-state index in [2.05, 4.69) is 59.1 Å². The summed E-state index contributed by atoms with van der Waals surface area (Å²) in [6.45, 7) is 15.4. The van der Waals surface area contributed by atoms with Gasteiger partial charge in [0.25, 0.3) is 0 Å². The molecule has 2 unspecified atom stereocenters. The molecule has 1 saturated heterocycles. The lowest BCUT2D eigenvalue weighted by molar-refractivity contribution is -0.00318. The van der Waals surface area contributed by atoms with Crippen molar-refractivity contribution in [2.45, 2.75) is 60.8 Å². The predicted octanol–water partition coefficient (Wildman–Crippen LogP) is 4.46. The highest BCUT2D eigenvalue weighted by Crippen LogP contribution is 2.41. The molecule has 114 valence electrons. The van der Waals surface area contributed by atoms with E-state index in [0.717, 1.165) is 11.3 Å². The fourth-order valence-corrected chi connectivity index (χ4v) is 3.53. The molecule has 3 heteroatoms. The Kier molecular flexibility index (Phi) is 3.36. The third-order valence-electron chi connectivity index (χ3n) is 5.61. The molecule has 0 spiro atoms. The molecule has 0 radical (unpaired) electrons. The molecular formula is C18H26N2O. The number of imidazole rings is 1. The largest absolute Gasteiger partial charge is 0.354 e. The molecule has 21 heavy (non-hydrogen) atoms. The van der Waals surface area contributed by atoms with Crippen LogP contribution in [-0.4, -0.2) is 15.7 Å². The van der Waals surface area contributed by atoms with Crippen molar-refractivity contribution >= 4 is 11.0 Å². The summed E-state index contributed by atoms with van der Waals surface area (Å²) in [5.74, 6) is 2.12. The smallest absolute Gasteiger partial charge is 0.138 e. The molecule has 4 atom stereocenters. The second-order valence-electron chi connectivity index (χ2n) is 6.79. The van der Waals surface area contributed by atoms with Crippen LogP contribution in [0.25, 0.3) is 11.0 Å². The third kappa shape index (κ3) is 2.02. The Morgan fingerprint density at radius 3 is 2.24 bits per heavy atom. The minimum Gasteiger partial charge on any atom is -0.354 e. The molecule has 3 nitrogen and oxygen atoms in total. The first-order chi connectivity index (χ1) is 9.82. The third-order valence-corrected chi connectivity index (χ3v) is 5.61. The van der Waals surface area contributed by atoms with E-state index < -0.39 is 0 Å². The molecule has 1 fully saturated rings. The summed E-state index contributed by atoms with van der Waals surface area (Å²) in [4.78, 5) is 4.83. The van der Waals surface area contributed by atoms with Crippen LogP contribution in [0.3, 0.4) is 0 Å². The summed E-state index contributed by atoms with van der Waals surface area (Å²) < 4.78 is 8.56. The van der Waals surface area contributed by atoms with Crippen molar-refractivity contribution in [2.75, 3.05) is 0 Å². The monoisotopic (exact) mass is 286 g/mol. The van der Waals surface area contributed by atoms with Gasteiger partial charge < -0.3 is 9.30 Å². The quantitative estimate of drug-likeness (QED) is 0.774. The van der Waals surface area contributed by atoms with Crippen LogP contribution in [-0.2, 0) is 4.74 Å². The highest BCUT2D eigenvalue weighted by molar-refractivity contribution is 5.82. The van der Waals surface area contributed by atoms with E-state index in [0.29, 0.717) is 17.9 Å². The summed E-state index contributed by atoms with van der Waals surface area (Å²) in [7, 11) is 0. The summed E-state index contributed by atoms with van der Waals surface area (Å²) in [5.41, 5.74) is 6.30. The highest BCUT2D eigenvalue weighted by Gasteiger charge is 2.38. The lowest BCUT2D eigenvalue weighted by Gasteiger charge is -2.21. The molecule has 1 aliphatic rings. The molecule has 0 saturated carbocycles. The Morgan fingerprint density at radius 2 is 1.67 bits per heavy atom. The second kappa shape index (κ2) is 4.84. The van der Waals surface area contributed by atoms with E-state index in [9.17, 15) is 0 Å². The van der Waals surface area contributed by atoms with E-state index in [4.69, 9.17) is 9.72 Å². The number of fused-ring (bicyclic) bond motifs is 1. The fraction of sp³-hybridized carbons (Fsp3) is 0.611. The lowest BCUT2D eigenvalue weighted by atomic mass is 9.93. The topological polar surface area (TPSA) is 27.1 Å². The van der Waals surface area contributed by atoms with Crippen LogP contribution in [0, 0.1) is 39.5 Å². The summed E-state index contributed by atoms with van der Waals surface area (Å²) >= 11 is 0. The van der Waals surface area contributed by atoms with E-state index in [1.807, 2.05) is 0 Å². The number of ether oxygens (including phenoxy) is 1. The van der Waals surface area contributed by atoms with E-state index >= 15 is 0 Å². The molecule has 0 N–H and O–H groups in total. The Balaban J connectivity index is 2.22. The molecule has 3 rings (SSSR count). The van der Waals surface area contributed by atoms with Crippen molar-refractivity contribution in [3.63, 3.8) is 0 Å². The molecule has 1 aromatic heterocycles. The Bertz CT molecular complexity index is 701. The maximum Gasteiger partial charge on any atom is 0.138 e. The van der Waals surface area contributed by atoms with Crippen LogP contribution < -0.4 is 0 Å². The SMILES string of the molecule is Cc1cc2c(nc(C)n2C2O[C@@H](C)C(C)[C@@H]2C)c(C)c1C. The number of aromatic nitrogens is 2. The van der Waals surface area contributed by atoms with Gasteiger partial charge in [-0.25, -0.2) is 4.98 Å². The first kappa shape index (κ1) is 14.6. The number of nitrogens with zero attached hydrogens (tertiary/aromatic N) is 2. The van der Waals surface area contributed by atoms with Gasteiger partial charge in [-0.3, -0.25) is 0 Å². The van der Waals surface area contributed by atoms with Gasteiger partial charge in [-0.2, -0.15) is 0 Å². The van der Waals surface area contributed by atoms with E-state index in [1.165, 1.54) is 22.2 Å². The number of rotatable bonds is 1. The maximum absolute atomic E-state index is 6.25. The average molecular weight is 286 g/mol. The van der Waals surface area contributed by atoms with Crippen LogP contribution in [0.4, 0.5) is 0 Å². The van der Waals surface area contributed by atoms with Crippen molar-refractivity contribution < 1.29 is 4.74 Å². The van der Waals surface area contributed by atoms with Gasteiger partial charge in [0.15, 0.2) is 0 Å². The van der Waals surface area contributed by atoms with Gasteiger partial charge in [-0.05, 0) is 63.3 Å². The average Bonchev–Trinajstić information content (AvgIpc) is 2.88. The maximum atomic E-state index is 6.25. The number of benzene rings is 1. The van der Waals surface area contributed by atoms with Gasteiger partial charge in [-0.1, -0.05) is 13.8 Å². The molecule has 0 bridgehead atoms. The minimum absolute atomic E-state index is 0.0986. The summed E-state index contributed by atoms with van der Waals surface area (Å²) in [5, 5.41) is 0. The van der Waals surface area contributed by atoms with Crippen molar-refractivity contribution in [1.82, 2.24) is 9.55 Å². The Labute approximate surface area is 127 Å². The van der Waals surface area contributed by atoms with Gasteiger partial charge >= 0.3 is 0 Å². The van der Waals surface area contributed by atoms with Gasteiger partial charge in [-0.15, -0.1) is 0 Å². The van der Waals surface area contributed by atoms with E-state index in [1.54, 1.807) is 0 Å². The van der Waals surface area contributed by atoms with Gasteiger partial charge in [0.2, 0.25) is 0 Å². The summed E-state index contributed by atoms with van der Waals surface area (Å²) in [6.07, 6.45) is 0.399. The number of aryl methyl sites for hydroxylation is 3. The van der Waals surface area contributed by atoms with E-state index in [-0.39, 0.29) is 6.23 Å². The van der Waals surface area contributed by atoms with Gasteiger partial charge in [0, 0.05) is 5.92 Å². The lowest BCUT2D eigenvalue weighted by Crippen LogP contribution is -2.16. The molecular weight excluding hydrogens is 260 g/mol. The van der Waals surface area contributed by atoms with Crippen LogP contribution in [0.5, 0.6) is 0 Å². The zero-order valence-electron chi connectivity index (χ0n) is 14.2. The zero-order chi connectivity index (χ0) is 15.5. The Hall–Kier alpha value is -1.35. The molecule has 0 amide bonds. The highest BCUT2D eigenvalue weighted by atomic mass is 16.5. The van der Waals surface area contributed by atoms with Crippen molar-refractivity contribution in [1.29, 1.82) is 0 Å². The molecule has 2 aromatic rings. The number of hydrogen-bond donors (Lipinski definition) is 0. The van der Waals surface area contributed by atoms with Crippen molar-refractivity contribution in [3.8, 4) is 0 Å². The molecule has 2 heterocycles. The Morgan fingerprint density at radius 1 is 1.00 bits per heavy atom. The molecule has 0 aliphatic carbocycles. The second-order valence-corrected chi connectivity index (χ2v) is 6.79. The van der Waals surface area contributed by atoms with Crippen LogP contribution in [0.1, 0.15) is 49.5 Å². The van der Waals surface area contributed by atoms with Gasteiger partial charge in [0.1, 0.15) is 12.1 Å². The van der Waals surface area contributed by atoms with Crippen LogP contribution in [0.2, 0.25) is 0 Å². The minimum atomic E-state index is 0.0986. The first-order valence-electron chi connectivity index (χ1n) is 7.93. The molecule has 1 aromatic carbocycles. The van der Waals surface area contributed by atoms with Crippen molar-refractivity contribution in [2.24, 2.45) is 11.8 Å².